The van der Waals surface area contributed by atoms with E-state index in [1.54, 1.807) is 0 Å². The lowest BCUT2D eigenvalue weighted by atomic mass is 10.3. The Morgan fingerprint density at radius 2 is 1.90 bits per heavy atom. The summed E-state index contributed by atoms with van der Waals surface area (Å²) in [6.45, 7) is 8.16. The van der Waals surface area contributed by atoms with Crippen LogP contribution in [0, 0.1) is 0 Å². The van der Waals surface area contributed by atoms with Crippen LogP contribution in [0.3, 0.4) is 0 Å². The lowest BCUT2D eigenvalue weighted by Gasteiger charge is -2.24. The van der Waals surface area contributed by atoms with Crippen LogP contribution in [0.1, 0.15) is 33.6 Å². The summed E-state index contributed by atoms with van der Waals surface area (Å²) in [5, 5.41) is 9.37. The Morgan fingerprint density at radius 1 is 1.30 bits per heavy atom. The zero-order valence-electron chi connectivity index (χ0n) is 7.30. The molecule has 0 bridgehead atoms. The van der Waals surface area contributed by atoms with Gasteiger partial charge in [-0.3, -0.25) is 4.90 Å². The monoisotopic (exact) mass is 145 g/mol. The molecule has 0 aromatic heterocycles. The lowest BCUT2D eigenvalue weighted by Crippen LogP contribution is -2.34. The molecule has 1 N–H and O–H groups in total. The standard InChI is InChI=1S/C8H19NO/c1-4-7-9(6-3)8(10)5-2/h8,10H,4-7H2,1-3H3. The number of nitrogens with zero attached hydrogens (tertiary/aromatic N) is 1. The van der Waals surface area contributed by atoms with Crippen LogP contribution in [0.15, 0.2) is 0 Å². The van der Waals surface area contributed by atoms with Crippen molar-refractivity contribution < 1.29 is 5.11 Å². The minimum absolute atomic E-state index is 0.232. The molecular weight excluding hydrogens is 126 g/mol. The van der Waals surface area contributed by atoms with Gasteiger partial charge in [-0.05, 0) is 19.4 Å². The SMILES string of the molecule is CCCN(CC)C(O)CC. The summed E-state index contributed by atoms with van der Waals surface area (Å²) in [6, 6.07) is 0. The van der Waals surface area contributed by atoms with Crippen LogP contribution >= 0.6 is 0 Å². The fraction of sp³-hybridized carbons (Fsp3) is 1.00. The molecule has 2 nitrogen and oxygen atoms in total. The van der Waals surface area contributed by atoms with Crippen molar-refractivity contribution in [3.8, 4) is 0 Å². The fourth-order valence-corrected chi connectivity index (χ4v) is 1.06. The highest BCUT2D eigenvalue weighted by atomic mass is 16.3. The number of hydrogen-bond acceptors (Lipinski definition) is 2. The molecule has 10 heavy (non-hydrogen) atoms. The van der Waals surface area contributed by atoms with Crippen molar-refractivity contribution in [1.82, 2.24) is 4.90 Å². The van der Waals surface area contributed by atoms with Gasteiger partial charge in [0.15, 0.2) is 0 Å². The van der Waals surface area contributed by atoms with Crippen LogP contribution in [0.5, 0.6) is 0 Å². The van der Waals surface area contributed by atoms with Crippen molar-refractivity contribution in [1.29, 1.82) is 0 Å². The van der Waals surface area contributed by atoms with E-state index in [-0.39, 0.29) is 6.23 Å². The summed E-state index contributed by atoms with van der Waals surface area (Å²) >= 11 is 0. The smallest absolute Gasteiger partial charge is 0.107 e. The average molecular weight is 145 g/mol. The molecule has 0 aliphatic rings. The maximum Gasteiger partial charge on any atom is 0.107 e. The van der Waals surface area contributed by atoms with Crippen molar-refractivity contribution in [2.75, 3.05) is 13.1 Å². The summed E-state index contributed by atoms with van der Waals surface area (Å²) in [4.78, 5) is 2.08. The van der Waals surface area contributed by atoms with Gasteiger partial charge in [0, 0.05) is 6.54 Å². The zero-order valence-corrected chi connectivity index (χ0v) is 7.30. The molecule has 62 valence electrons. The second-order valence-corrected chi connectivity index (χ2v) is 2.52. The summed E-state index contributed by atoms with van der Waals surface area (Å²) in [7, 11) is 0. The predicted molar refractivity (Wildman–Crippen MR) is 43.8 cm³/mol. The molecular formula is C8H19NO. The first-order chi connectivity index (χ1) is 4.76. The molecule has 0 saturated heterocycles. The predicted octanol–water partition coefficient (Wildman–Crippen LogP) is 1.45. The van der Waals surface area contributed by atoms with Crippen molar-refractivity contribution in [3.05, 3.63) is 0 Å². The van der Waals surface area contributed by atoms with Gasteiger partial charge in [0.25, 0.3) is 0 Å². The Hall–Kier alpha value is -0.0800. The molecule has 0 saturated carbocycles. The third-order valence-electron chi connectivity index (χ3n) is 1.70. The molecule has 0 aromatic carbocycles. The molecule has 1 unspecified atom stereocenters. The number of aliphatic hydroxyl groups is 1. The van der Waals surface area contributed by atoms with E-state index < -0.39 is 0 Å². The third-order valence-corrected chi connectivity index (χ3v) is 1.70. The number of aliphatic hydroxyl groups excluding tert-OH is 1. The highest BCUT2D eigenvalue weighted by Gasteiger charge is 2.08. The Kier molecular flexibility index (Phi) is 5.64. The molecule has 1 atom stereocenters. The second kappa shape index (κ2) is 5.69. The van der Waals surface area contributed by atoms with Gasteiger partial charge in [0.1, 0.15) is 6.23 Å². The highest BCUT2D eigenvalue weighted by Crippen LogP contribution is 2.00. The van der Waals surface area contributed by atoms with Crippen LogP contribution in [-0.4, -0.2) is 29.3 Å². The van der Waals surface area contributed by atoms with Crippen molar-refractivity contribution >= 4 is 0 Å². The topological polar surface area (TPSA) is 23.5 Å². The van der Waals surface area contributed by atoms with E-state index in [0.717, 1.165) is 25.9 Å². The second-order valence-electron chi connectivity index (χ2n) is 2.52. The summed E-state index contributed by atoms with van der Waals surface area (Å²) in [5.41, 5.74) is 0. The molecule has 0 fully saturated rings. The minimum atomic E-state index is -0.232. The Morgan fingerprint density at radius 3 is 2.20 bits per heavy atom. The van der Waals surface area contributed by atoms with E-state index in [0.29, 0.717) is 0 Å². The van der Waals surface area contributed by atoms with Crippen LogP contribution in [0.25, 0.3) is 0 Å². The fourth-order valence-electron chi connectivity index (χ4n) is 1.06. The van der Waals surface area contributed by atoms with Gasteiger partial charge in [-0.2, -0.15) is 0 Å². The first-order valence-corrected chi connectivity index (χ1v) is 4.18. The van der Waals surface area contributed by atoms with E-state index >= 15 is 0 Å². The van der Waals surface area contributed by atoms with Crippen LogP contribution in [-0.2, 0) is 0 Å². The minimum Gasteiger partial charge on any atom is -0.378 e. The Balaban J connectivity index is 3.56. The van der Waals surface area contributed by atoms with Crippen LogP contribution in [0.2, 0.25) is 0 Å². The summed E-state index contributed by atoms with van der Waals surface area (Å²) < 4.78 is 0. The molecule has 0 heterocycles. The maximum atomic E-state index is 9.37. The summed E-state index contributed by atoms with van der Waals surface area (Å²) in [6.07, 6.45) is 1.71. The maximum absolute atomic E-state index is 9.37. The van der Waals surface area contributed by atoms with Crippen molar-refractivity contribution in [3.63, 3.8) is 0 Å². The van der Waals surface area contributed by atoms with Crippen molar-refractivity contribution in [2.45, 2.75) is 39.8 Å². The van der Waals surface area contributed by atoms with Gasteiger partial charge in [0.05, 0.1) is 0 Å². The summed E-state index contributed by atoms with van der Waals surface area (Å²) in [5.74, 6) is 0. The van der Waals surface area contributed by atoms with E-state index in [4.69, 9.17) is 0 Å². The van der Waals surface area contributed by atoms with Gasteiger partial charge in [-0.25, -0.2) is 0 Å². The normalized spacial score (nSPS) is 14.1. The van der Waals surface area contributed by atoms with Crippen LogP contribution < -0.4 is 0 Å². The molecule has 0 rings (SSSR count). The molecule has 0 aliphatic heterocycles. The first-order valence-electron chi connectivity index (χ1n) is 4.18. The Labute approximate surface area is 63.8 Å². The molecule has 0 spiro atoms. The third kappa shape index (κ3) is 3.18. The van der Waals surface area contributed by atoms with Gasteiger partial charge in [-0.1, -0.05) is 20.8 Å². The first kappa shape index (κ1) is 9.92. The molecule has 0 aliphatic carbocycles. The van der Waals surface area contributed by atoms with E-state index in [1.165, 1.54) is 0 Å². The van der Waals surface area contributed by atoms with E-state index in [1.807, 2.05) is 6.92 Å². The molecule has 0 aromatic rings. The average Bonchev–Trinajstić information content (AvgIpc) is 1.99. The van der Waals surface area contributed by atoms with Crippen LogP contribution in [0.4, 0.5) is 0 Å². The molecule has 0 radical (unpaired) electrons. The van der Waals surface area contributed by atoms with Crippen molar-refractivity contribution in [2.24, 2.45) is 0 Å². The highest BCUT2D eigenvalue weighted by molar-refractivity contribution is 4.56. The number of rotatable bonds is 5. The lowest BCUT2D eigenvalue weighted by molar-refractivity contribution is 0.00480. The molecule has 0 amide bonds. The van der Waals surface area contributed by atoms with Gasteiger partial charge < -0.3 is 5.11 Å². The molecule has 2 heteroatoms. The van der Waals surface area contributed by atoms with E-state index in [9.17, 15) is 5.11 Å². The van der Waals surface area contributed by atoms with Gasteiger partial charge in [0.2, 0.25) is 0 Å². The Bertz CT molecular complexity index is 75.7. The van der Waals surface area contributed by atoms with Gasteiger partial charge >= 0.3 is 0 Å². The van der Waals surface area contributed by atoms with Gasteiger partial charge in [-0.15, -0.1) is 0 Å². The number of hydrogen-bond donors (Lipinski definition) is 1. The largest absolute Gasteiger partial charge is 0.378 e. The zero-order chi connectivity index (χ0) is 7.98. The van der Waals surface area contributed by atoms with E-state index in [2.05, 4.69) is 18.7 Å². The quantitative estimate of drug-likeness (QED) is 0.592.